The molecule has 0 unspecified atom stereocenters. The second-order valence-corrected chi connectivity index (χ2v) is 5.92. The van der Waals surface area contributed by atoms with E-state index in [-0.39, 0.29) is 31.4 Å². The Morgan fingerprint density at radius 1 is 1.00 bits per heavy atom. The SMILES string of the molecule is C[N+](C)(C)CCO.C[N+](C)(C)CCOC(N)=O.[Cl-].[Cl-]. The Hall–Kier alpha value is -0.270. The van der Waals surface area contributed by atoms with E-state index in [0.717, 1.165) is 22.1 Å². The van der Waals surface area contributed by atoms with E-state index >= 15 is 0 Å². The first-order valence-corrected chi connectivity index (χ1v) is 5.62. The zero-order valence-electron chi connectivity index (χ0n) is 12.8. The molecule has 3 N–H and O–H groups in total. The third-order valence-electron chi connectivity index (χ3n) is 1.78. The van der Waals surface area contributed by atoms with Crippen LogP contribution in [0.4, 0.5) is 4.79 Å². The highest BCUT2D eigenvalue weighted by molar-refractivity contribution is 5.64. The van der Waals surface area contributed by atoms with Crippen molar-refractivity contribution < 1.29 is 48.4 Å². The molecule has 0 aromatic carbocycles. The van der Waals surface area contributed by atoms with Gasteiger partial charge in [-0.2, -0.15) is 0 Å². The van der Waals surface area contributed by atoms with Crippen LogP contribution in [-0.4, -0.2) is 88.8 Å². The third kappa shape index (κ3) is 38.1. The minimum Gasteiger partial charge on any atom is -1.00 e. The standard InChI is InChI=1S/C6H14N2O2.C5H14NO.2ClH/c1-8(2,3)4-5-10-6(7)9;1-6(2,3)4-5-7;;/h4-5H2,1-3H3,(H-,7,9);7H,4-5H2,1-3H3;2*1H/q;+1;;/p-1. The lowest BCUT2D eigenvalue weighted by molar-refractivity contribution is -0.870. The van der Waals surface area contributed by atoms with E-state index in [4.69, 9.17) is 10.8 Å². The monoisotopic (exact) mass is 321 g/mol. The minimum atomic E-state index is -0.701. The molecule has 19 heavy (non-hydrogen) atoms. The van der Waals surface area contributed by atoms with Gasteiger partial charge < -0.3 is 49.4 Å². The fourth-order valence-electron chi connectivity index (χ4n) is 0.720. The first-order chi connectivity index (χ1) is 7.48. The number of likely N-dealkylation sites (N-methyl/N-ethyl adjacent to an activating group) is 2. The van der Waals surface area contributed by atoms with Crippen LogP contribution in [0, 0.1) is 0 Å². The van der Waals surface area contributed by atoms with Crippen LogP contribution in [0.5, 0.6) is 0 Å². The molecule has 0 saturated carbocycles. The van der Waals surface area contributed by atoms with Crippen molar-refractivity contribution in [2.75, 3.05) is 68.6 Å². The minimum absolute atomic E-state index is 0. The maximum atomic E-state index is 10.1. The predicted molar refractivity (Wildman–Crippen MR) is 68.4 cm³/mol. The number of hydrogen-bond donors (Lipinski definition) is 2. The van der Waals surface area contributed by atoms with E-state index in [1.165, 1.54) is 0 Å². The van der Waals surface area contributed by atoms with Crippen molar-refractivity contribution in [3.63, 3.8) is 0 Å². The molecule has 0 atom stereocenters. The second kappa shape index (κ2) is 12.7. The molecular formula is C11H29Cl2N3O3. The van der Waals surface area contributed by atoms with Gasteiger partial charge in [-0.1, -0.05) is 0 Å². The summed E-state index contributed by atoms with van der Waals surface area (Å²) < 4.78 is 6.16. The number of rotatable bonds is 5. The Bertz CT molecular complexity index is 216. The zero-order chi connectivity index (χ0) is 14.1. The third-order valence-corrected chi connectivity index (χ3v) is 1.78. The van der Waals surface area contributed by atoms with Crippen molar-refractivity contribution in [2.24, 2.45) is 5.73 Å². The van der Waals surface area contributed by atoms with Gasteiger partial charge in [-0.15, -0.1) is 0 Å². The molecule has 0 saturated heterocycles. The van der Waals surface area contributed by atoms with Gasteiger partial charge in [0.25, 0.3) is 0 Å². The first kappa shape index (κ1) is 27.1. The van der Waals surface area contributed by atoms with Crippen molar-refractivity contribution in [1.29, 1.82) is 0 Å². The van der Waals surface area contributed by atoms with Gasteiger partial charge >= 0.3 is 6.09 Å². The number of nitrogens with zero attached hydrogens (tertiary/aromatic N) is 2. The van der Waals surface area contributed by atoms with Gasteiger partial charge in [0.05, 0.1) is 48.9 Å². The van der Waals surface area contributed by atoms with Crippen LogP contribution in [0.1, 0.15) is 0 Å². The van der Waals surface area contributed by atoms with E-state index in [0.29, 0.717) is 6.61 Å². The quantitative estimate of drug-likeness (QED) is 0.495. The summed E-state index contributed by atoms with van der Waals surface area (Å²) in [6, 6.07) is 0. The van der Waals surface area contributed by atoms with Gasteiger partial charge in [0.2, 0.25) is 0 Å². The van der Waals surface area contributed by atoms with E-state index in [1.54, 1.807) is 0 Å². The summed E-state index contributed by atoms with van der Waals surface area (Å²) in [5, 5.41) is 8.39. The lowest BCUT2D eigenvalue weighted by Gasteiger charge is -2.22. The van der Waals surface area contributed by atoms with Gasteiger partial charge in [-0.25, -0.2) is 4.79 Å². The Labute approximate surface area is 129 Å². The average molecular weight is 322 g/mol. The van der Waals surface area contributed by atoms with Crippen molar-refractivity contribution >= 4 is 6.09 Å². The summed E-state index contributed by atoms with van der Waals surface area (Å²) in [6.07, 6.45) is -0.701. The molecule has 0 aliphatic heterocycles. The Morgan fingerprint density at radius 2 is 1.37 bits per heavy atom. The summed E-state index contributed by atoms with van der Waals surface area (Å²) in [7, 11) is 12.2. The molecule has 6 nitrogen and oxygen atoms in total. The number of ether oxygens (including phenoxy) is 1. The highest BCUT2D eigenvalue weighted by Crippen LogP contribution is 1.88. The molecule has 0 aromatic heterocycles. The maximum Gasteiger partial charge on any atom is 0.404 e. The van der Waals surface area contributed by atoms with E-state index in [2.05, 4.69) is 25.9 Å². The fraction of sp³-hybridized carbons (Fsp3) is 0.909. The van der Waals surface area contributed by atoms with Crippen LogP contribution in [0.15, 0.2) is 0 Å². The number of carbonyl (C=O) groups is 1. The average Bonchev–Trinajstić information content (AvgIpc) is 1.98. The summed E-state index contributed by atoms with van der Waals surface area (Å²) in [6.45, 7) is 2.28. The van der Waals surface area contributed by atoms with Crippen molar-refractivity contribution in [1.82, 2.24) is 0 Å². The molecule has 0 heterocycles. The highest BCUT2D eigenvalue weighted by Gasteiger charge is 2.06. The lowest BCUT2D eigenvalue weighted by Crippen LogP contribution is -3.00. The van der Waals surface area contributed by atoms with Crippen LogP contribution in [-0.2, 0) is 4.74 Å². The number of nitrogens with two attached hydrogens (primary N) is 1. The number of primary amides is 1. The number of aliphatic hydroxyl groups excluding tert-OH is 1. The molecule has 0 rings (SSSR count). The molecule has 1 amide bonds. The van der Waals surface area contributed by atoms with Gasteiger partial charge in [-0.05, 0) is 0 Å². The molecule has 120 valence electrons. The molecule has 0 aliphatic rings. The smallest absolute Gasteiger partial charge is 0.404 e. The van der Waals surface area contributed by atoms with Crippen molar-refractivity contribution in [2.45, 2.75) is 0 Å². The van der Waals surface area contributed by atoms with E-state index in [9.17, 15) is 4.79 Å². The van der Waals surface area contributed by atoms with Crippen LogP contribution < -0.4 is 30.5 Å². The van der Waals surface area contributed by atoms with Crippen LogP contribution in [0.2, 0.25) is 0 Å². The Morgan fingerprint density at radius 3 is 1.53 bits per heavy atom. The highest BCUT2D eigenvalue weighted by atomic mass is 35.5. The Kier molecular flexibility index (Phi) is 18.2. The molecule has 0 aromatic rings. The normalized spacial score (nSPS) is 10.3. The predicted octanol–water partition coefficient (Wildman–Crippen LogP) is -6.52. The summed E-state index contributed by atoms with van der Waals surface area (Å²) >= 11 is 0. The van der Waals surface area contributed by atoms with Gasteiger partial charge in [0, 0.05) is 0 Å². The largest absolute Gasteiger partial charge is 1.00 e. The topological polar surface area (TPSA) is 72.6 Å². The molecule has 0 aliphatic carbocycles. The summed E-state index contributed by atoms with van der Waals surface area (Å²) in [5.74, 6) is 0. The molecule has 0 radical (unpaired) electrons. The second-order valence-electron chi connectivity index (χ2n) is 5.92. The van der Waals surface area contributed by atoms with Crippen LogP contribution in [0.25, 0.3) is 0 Å². The summed E-state index contributed by atoms with van der Waals surface area (Å²) in [5.41, 5.74) is 4.75. The number of amides is 1. The molecule has 8 heteroatoms. The van der Waals surface area contributed by atoms with Gasteiger partial charge in [-0.3, -0.25) is 0 Å². The maximum absolute atomic E-state index is 10.1. The molecule has 0 spiro atoms. The van der Waals surface area contributed by atoms with Gasteiger partial charge in [0.1, 0.15) is 19.7 Å². The molecule has 0 fully saturated rings. The van der Waals surface area contributed by atoms with E-state index < -0.39 is 6.09 Å². The van der Waals surface area contributed by atoms with Crippen molar-refractivity contribution in [3.05, 3.63) is 0 Å². The number of quaternary nitrogens is 2. The number of halogens is 2. The zero-order valence-corrected chi connectivity index (χ0v) is 14.3. The first-order valence-electron chi connectivity index (χ1n) is 5.62. The number of aliphatic hydroxyl groups is 1. The number of carbonyl (C=O) groups excluding carboxylic acids is 1. The van der Waals surface area contributed by atoms with Crippen LogP contribution >= 0.6 is 0 Å². The van der Waals surface area contributed by atoms with Crippen molar-refractivity contribution in [3.8, 4) is 0 Å². The summed E-state index contributed by atoms with van der Waals surface area (Å²) in [4.78, 5) is 10.1. The molecule has 0 bridgehead atoms. The van der Waals surface area contributed by atoms with Crippen LogP contribution in [0.3, 0.4) is 0 Å². The lowest BCUT2D eigenvalue weighted by atomic mass is 10.5. The Balaban J connectivity index is -0.000000112. The fourth-order valence-corrected chi connectivity index (χ4v) is 0.720. The molecular weight excluding hydrogens is 293 g/mol. The van der Waals surface area contributed by atoms with Gasteiger partial charge in [0.15, 0.2) is 0 Å². The number of hydrogen-bond acceptors (Lipinski definition) is 3. The van der Waals surface area contributed by atoms with E-state index in [1.807, 2.05) is 21.1 Å².